The quantitative estimate of drug-likeness (QED) is 0.811. The van der Waals surface area contributed by atoms with Gasteiger partial charge in [-0.15, -0.1) is 5.10 Å². The molecule has 1 saturated heterocycles. The van der Waals surface area contributed by atoms with Gasteiger partial charge in [0, 0.05) is 0 Å². The lowest BCUT2D eigenvalue weighted by molar-refractivity contribution is 0.478. The molecule has 1 aliphatic rings. The van der Waals surface area contributed by atoms with Crippen molar-refractivity contribution in [1.82, 2.24) is 10.2 Å². The van der Waals surface area contributed by atoms with E-state index >= 15 is 0 Å². The first kappa shape index (κ1) is 11.3. The SMILES string of the molecule is Nc1ccc(CC2CCCS(=O)(=O)C2)nn1. The Bertz CT molecular complexity index is 455. The summed E-state index contributed by atoms with van der Waals surface area (Å²) in [6.07, 6.45) is 2.38. The summed E-state index contributed by atoms with van der Waals surface area (Å²) >= 11 is 0. The summed E-state index contributed by atoms with van der Waals surface area (Å²) < 4.78 is 22.9. The fraction of sp³-hybridized carbons (Fsp3) is 0.600. The van der Waals surface area contributed by atoms with Crippen molar-refractivity contribution in [1.29, 1.82) is 0 Å². The smallest absolute Gasteiger partial charge is 0.150 e. The van der Waals surface area contributed by atoms with Crippen LogP contribution in [-0.4, -0.2) is 30.1 Å². The maximum absolute atomic E-state index is 11.4. The van der Waals surface area contributed by atoms with Gasteiger partial charge >= 0.3 is 0 Å². The summed E-state index contributed by atoms with van der Waals surface area (Å²) in [5, 5.41) is 7.71. The molecule has 1 atom stereocenters. The summed E-state index contributed by atoms with van der Waals surface area (Å²) in [5.41, 5.74) is 6.25. The lowest BCUT2D eigenvalue weighted by Gasteiger charge is -2.21. The molecule has 1 aromatic heterocycles. The van der Waals surface area contributed by atoms with Crippen molar-refractivity contribution in [3.63, 3.8) is 0 Å². The molecule has 0 amide bonds. The zero-order chi connectivity index (χ0) is 11.6. The van der Waals surface area contributed by atoms with Crippen LogP contribution in [-0.2, 0) is 16.3 Å². The number of aromatic nitrogens is 2. The molecule has 6 heteroatoms. The minimum atomic E-state index is -2.83. The van der Waals surface area contributed by atoms with Crippen molar-refractivity contribution in [3.05, 3.63) is 17.8 Å². The van der Waals surface area contributed by atoms with E-state index < -0.39 is 9.84 Å². The van der Waals surface area contributed by atoms with Gasteiger partial charge in [0.15, 0.2) is 9.84 Å². The second-order valence-electron chi connectivity index (χ2n) is 4.28. The van der Waals surface area contributed by atoms with E-state index in [0.29, 0.717) is 18.0 Å². The fourth-order valence-electron chi connectivity index (χ4n) is 2.05. The number of rotatable bonds is 2. The Labute approximate surface area is 95.0 Å². The Kier molecular flexibility index (Phi) is 3.09. The number of sulfone groups is 1. The maximum Gasteiger partial charge on any atom is 0.150 e. The van der Waals surface area contributed by atoms with Crippen LogP contribution >= 0.6 is 0 Å². The van der Waals surface area contributed by atoms with E-state index in [1.54, 1.807) is 6.07 Å². The van der Waals surface area contributed by atoms with Gasteiger partial charge in [-0.25, -0.2) is 8.42 Å². The highest BCUT2D eigenvalue weighted by atomic mass is 32.2. The number of anilines is 1. The molecule has 0 bridgehead atoms. The third kappa shape index (κ3) is 2.91. The molecule has 1 unspecified atom stereocenters. The van der Waals surface area contributed by atoms with Gasteiger partial charge in [-0.3, -0.25) is 0 Å². The normalized spacial score (nSPS) is 24.1. The number of hydrogen-bond donors (Lipinski definition) is 1. The third-order valence-electron chi connectivity index (χ3n) is 2.80. The molecule has 2 rings (SSSR count). The average Bonchev–Trinajstić information content (AvgIpc) is 2.20. The fourth-order valence-corrected chi connectivity index (χ4v) is 3.83. The number of nitrogens with zero attached hydrogens (tertiary/aromatic N) is 2. The van der Waals surface area contributed by atoms with Crippen LogP contribution in [0.4, 0.5) is 5.82 Å². The van der Waals surface area contributed by atoms with Crippen LogP contribution in [0, 0.1) is 5.92 Å². The first-order valence-electron chi connectivity index (χ1n) is 5.34. The monoisotopic (exact) mass is 241 g/mol. The Hall–Kier alpha value is -1.17. The second-order valence-corrected chi connectivity index (χ2v) is 6.50. The zero-order valence-corrected chi connectivity index (χ0v) is 9.78. The molecule has 1 fully saturated rings. The van der Waals surface area contributed by atoms with Gasteiger partial charge in [0.05, 0.1) is 17.2 Å². The summed E-state index contributed by atoms with van der Waals surface area (Å²) in [4.78, 5) is 0. The van der Waals surface area contributed by atoms with Crippen molar-refractivity contribution in [2.75, 3.05) is 17.2 Å². The highest BCUT2D eigenvalue weighted by molar-refractivity contribution is 7.91. The van der Waals surface area contributed by atoms with E-state index in [2.05, 4.69) is 10.2 Å². The molecule has 0 saturated carbocycles. The van der Waals surface area contributed by atoms with Crippen LogP contribution in [0.5, 0.6) is 0 Å². The van der Waals surface area contributed by atoms with Crippen molar-refractivity contribution < 1.29 is 8.42 Å². The summed E-state index contributed by atoms with van der Waals surface area (Å²) in [6, 6.07) is 3.50. The van der Waals surface area contributed by atoms with E-state index in [9.17, 15) is 8.42 Å². The Morgan fingerprint density at radius 2 is 2.19 bits per heavy atom. The van der Waals surface area contributed by atoms with Crippen molar-refractivity contribution in [2.24, 2.45) is 5.92 Å². The molecule has 1 aliphatic heterocycles. The maximum atomic E-state index is 11.4. The topological polar surface area (TPSA) is 85.9 Å². The predicted molar refractivity (Wildman–Crippen MR) is 61.5 cm³/mol. The molecule has 1 aromatic rings. The average molecular weight is 241 g/mol. The standard InChI is InChI=1S/C10H15N3O2S/c11-10-4-3-9(12-13-10)6-8-2-1-5-16(14,15)7-8/h3-4,8H,1-2,5-7H2,(H2,11,13). The van der Waals surface area contributed by atoms with Crippen molar-refractivity contribution in [3.8, 4) is 0 Å². The van der Waals surface area contributed by atoms with Gasteiger partial charge in [0.1, 0.15) is 5.82 Å². The highest BCUT2D eigenvalue weighted by Gasteiger charge is 2.25. The largest absolute Gasteiger partial charge is 0.382 e. The molecule has 5 nitrogen and oxygen atoms in total. The minimum absolute atomic E-state index is 0.177. The highest BCUT2D eigenvalue weighted by Crippen LogP contribution is 2.21. The molecular formula is C10H15N3O2S. The summed E-state index contributed by atoms with van der Waals surface area (Å²) in [7, 11) is -2.83. The van der Waals surface area contributed by atoms with Crippen molar-refractivity contribution in [2.45, 2.75) is 19.3 Å². The van der Waals surface area contributed by atoms with E-state index in [1.165, 1.54) is 0 Å². The molecule has 0 spiro atoms. The molecular weight excluding hydrogens is 226 g/mol. The van der Waals surface area contributed by atoms with E-state index in [0.717, 1.165) is 18.5 Å². The first-order valence-corrected chi connectivity index (χ1v) is 7.16. The predicted octanol–water partition coefficient (Wildman–Crippen LogP) is 0.426. The van der Waals surface area contributed by atoms with Gasteiger partial charge in [-0.05, 0) is 37.3 Å². The van der Waals surface area contributed by atoms with Crippen LogP contribution in [0.25, 0.3) is 0 Å². The van der Waals surface area contributed by atoms with Crippen LogP contribution in [0.3, 0.4) is 0 Å². The Balaban J connectivity index is 2.02. The Morgan fingerprint density at radius 3 is 2.81 bits per heavy atom. The van der Waals surface area contributed by atoms with Gasteiger partial charge in [0.25, 0.3) is 0 Å². The molecule has 0 aromatic carbocycles. The van der Waals surface area contributed by atoms with Crippen LogP contribution in [0.1, 0.15) is 18.5 Å². The van der Waals surface area contributed by atoms with Crippen LogP contribution < -0.4 is 5.73 Å². The third-order valence-corrected chi connectivity index (χ3v) is 4.69. The van der Waals surface area contributed by atoms with Crippen LogP contribution in [0.2, 0.25) is 0 Å². The summed E-state index contributed by atoms with van der Waals surface area (Å²) in [6.45, 7) is 0. The van der Waals surface area contributed by atoms with Crippen molar-refractivity contribution >= 4 is 15.7 Å². The van der Waals surface area contributed by atoms with Gasteiger partial charge < -0.3 is 5.73 Å². The minimum Gasteiger partial charge on any atom is -0.382 e. The second kappa shape index (κ2) is 4.37. The molecule has 0 radical (unpaired) electrons. The molecule has 16 heavy (non-hydrogen) atoms. The molecule has 2 heterocycles. The molecule has 88 valence electrons. The first-order chi connectivity index (χ1) is 7.55. The number of nitrogen functional groups attached to an aromatic ring is 1. The molecule has 0 aliphatic carbocycles. The lowest BCUT2D eigenvalue weighted by atomic mass is 9.99. The summed E-state index contributed by atoms with van der Waals surface area (Å²) in [5.74, 6) is 1.17. The van der Waals surface area contributed by atoms with Gasteiger partial charge in [0.2, 0.25) is 0 Å². The zero-order valence-electron chi connectivity index (χ0n) is 8.96. The number of hydrogen-bond acceptors (Lipinski definition) is 5. The van der Waals surface area contributed by atoms with E-state index in [-0.39, 0.29) is 11.7 Å². The van der Waals surface area contributed by atoms with E-state index in [1.807, 2.05) is 6.07 Å². The van der Waals surface area contributed by atoms with Crippen LogP contribution in [0.15, 0.2) is 12.1 Å². The van der Waals surface area contributed by atoms with E-state index in [4.69, 9.17) is 5.73 Å². The van der Waals surface area contributed by atoms with Gasteiger partial charge in [-0.2, -0.15) is 5.10 Å². The lowest BCUT2D eigenvalue weighted by Crippen LogP contribution is -2.26. The Morgan fingerprint density at radius 1 is 1.38 bits per heavy atom. The van der Waals surface area contributed by atoms with Gasteiger partial charge in [-0.1, -0.05) is 0 Å². The number of nitrogens with two attached hydrogens (primary N) is 1. The molecule has 2 N–H and O–H groups in total.